The minimum Gasteiger partial charge on any atom is -0.325 e. The summed E-state index contributed by atoms with van der Waals surface area (Å²) >= 11 is 0. The maximum Gasteiger partial charge on any atom is 0.241 e. The van der Waals surface area contributed by atoms with Crippen molar-refractivity contribution >= 4 is 11.6 Å². The zero-order valence-corrected chi connectivity index (χ0v) is 10.3. The van der Waals surface area contributed by atoms with Crippen LogP contribution in [0.4, 0.5) is 10.1 Å². The molecule has 0 saturated carbocycles. The predicted octanol–water partition coefficient (Wildman–Crippen LogP) is 2.33. The summed E-state index contributed by atoms with van der Waals surface area (Å²) in [5.74, 6) is -0.554. The Bertz CT molecular complexity index is 540. The summed E-state index contributed by atoms with van der Waals surface area (Å²) in [4.78, 5) is 11.9. The number of benzene rings is 2. The fourth-order valence-electron chi connectivity index (χ4n) is 1.72. The summed E-state index contributed by atoms with van der Waals surface area (Å²) in [5.41, 5.74) is 7.37. The molecule has 0 radical (unpaired) electrons. The van der Waals surface area contributed by atoms with Crippen LogP contribution in [0, 0.1) is 5.82 Å². The predicted molar refractivity (Wildman–Crippen MR) is 73.2 cm³/mol. The van der Waals surface area contributed by atoms with Crippen LogP contribution in [0.3, 0.4) is 0 Å². The van der Waals surface area contributed by atoms with Crippen molar-refractivity contribution in [3.63, 3.8) is 0 Å². The lowest BCUT2D eigenvalue weighted by Gasteiger charge is -2.12. The maximum atomic E-state index is 12.8. The Morgan fingerprint density at radius 1 is 1.11 bits per heavy atom. The van der Waals surface area contributed by atoms with Crippen LogP contribution in [-0.4, -0.2) is 11.9 Å². The van der Waals surface area contributed by atoms with Crippen LogP contribution in [0.2, 0.25) is 0 Å². The van der Waals surface area contributed by atoms with Gasteiger partial charge in [-0.25, -0.2) is 4.39 Å². The van der Waals surface area contributed by atoms with Gasteiger partial charge in [0.25, 0.3) is 0 Å². The van der Waals surface area contributed by atoms with E-state index in [-0.39, 0.29) is 11.7 Å². The Morgan fingerprint density at radius 2 is 1.74 bits per heavy atom. The second kappa shape index (κ2) is 6.11. The third kappa shape index (κ3) is 3.89. The molecule has 1 amide bonds. The molecule has 0 aliphatic heterocycles. The van der Waals surface area contributed by atoms with Crippen molar-refractivity contribution in [2.75, 3.05) is 5.32 Å². The second-order valence-electron chi connectivity index (χ2n) is 4.29. The summed E-state index contributed by atoms with van der Waals surface area (Å²) in [5, 5.41) is 2.74. The highest BCUT2D eigenvalue weighted by molar-refractivity contribution is 5.94. The summed E-state index contributed by atoms with van der Waals surface area (Å²) in [7, 11) is 0. The summed E-state index contributed by atoms with van der Waals surface area (Å²) < 4.78 is 12.8. The lowest BCUT2D eigenvalue weighted by Crippen LogP contribution is -2.37. The lowest BCUT2D eigenvalue weighted by atomic mass is 10.1. The number of anilines is 1. The Morgan fingerprint density at radius 3 is 2.37 bits per heavy atom. The summed E-state index contributed by atoms with van der Waals surface area (Å²) in [6, 6.07) is 14.4. The van der Waals surface area contributed by atoms with Crippen LogP contribution in [0.1, 0.15) is 5.56 Å². The normalized spacial score (nSPS) is 11.9. The molecule has 0 saturated heterocycles. The smallest absolute Gasteiger partial charge is 0.241 e. The molecule has 0 heterocycles. The van der Waals surface area contributed by atoms with Gasteiger partial charge in [-0.15, -0.1) is 0 Å². The standard InChI is InChI=1S/C15H15FN2O/c16-12-8-6-11(7-9-12)10-14(17)15(19)18-13-4-2-1-3-5-13/h1-9,14H,10,17H2,(H,18,19). The third-order valence-electron chi connectivity index (χ3n) is 2.75. The number of para-hydroxylation sites is 1. The van der Waals surface area contributed by atoms with Gasteiger partial charge in [0.05, 0.1) is 6.04 Å². The van der Waals surface area contributed by atoms with Crippen molar-refractivity contribution in [1.82, 2.24) is 0 Å². The number of hydrogen-bond donors (Lipinski definition) is 2. The van der Waals surface area contributed by atoms with Crippen molar-refractivity contribution in [2.24, 2.45) is 5.73 Å². The average molecular weight is 258 g/mol. The molecule has 2 aromatic carbocycles. The van der Waals surface area contributed by atoms with Crippen LogP contribution in [0.25, 0.3) is 0 Å². The van der Waals surface area contributed by atoms with Gasteiger partial charge in [-0.2, -0.15) is 0 Å². The SMILES string of the molecule is NC(Cc1ccc(F)cc1)C(=O)Nc1ccccc1. The second-order valence-corrected chi connectivity index (χ2v) is 4.29. The van der Waals surface area contributed by atoms with E-state index in [0.717, 1.165) is 5.56 Å². The molecule has 1 atom stereocenters. The summed E-state index contributed by atoms with van der Waals surface area (Å²) in [6.45, 7) is 0. The van der Waals surface area contributed by atoms with Gasteiger partial charge in [-0.1, -0.05) is 30.3 Å². The van der Waals surface area contributed by atoms with Gasteiger partial charge in [-0.05, 0) is 36.2 Å². The highest BCUT2D eigenvalue weighted by Crippen LogP contribution is 2.08. The third-order valence-corrected chi connectivity index (χ3v) is 2.75. The Hall–Kier alpha value is -2.20. The highest BCUT2D eigenvalue weighted by Gasteiger charge is 2.14. The Labute approximate surface area is 111 Å². The van der Waals surface area contributed by atoms with Crippen molar-refractivity contribution < 1.29 is 9.18 Å². The van der Waals surface area contributed by atoms with E-state index in [1.165, 1.54) is 12.1 Å². The van der Waals surface area contributed by atoms with Gasteiger partial charge >= 0.3 is 0 Å². The van der Waals surface area contributed by atoms with Crippen LogP contribution < -0.4 is 11.1 Å². The monoisotopic (exact) mass is 258 g/mol. The molecule has 3 nitrogen and oxygen atoms in total. The number of amides is 1. The lowest BCUT2D eigenvalue weighted by molar-refractivity contribution is -0.117. The quantitative estimate of drug-likeness (QED) is 0.884. The fourth-order valence-corrected chi connectivity index (χ4v) is 1.72. The van der Waals surface area contributed by atoms with Crippen molar-refractivity contribution in [3.05, 3.63) is 66.0 Å². The number of nitrogens with two attached hydrogens (primary N) is 1. The van der Waals surface area contributed by atoms with Gasteiger partial charge in [-0.3, -0.25) is 4.79 Å². The largest absolute Gasteiger partial charge is 0.325 e. The molecule has 0 spiro atoms. The Kier molecular flexibility index (Phi) is 4.26. The first-order valence-corrected chi connectivity index (χ1v) is 6.01. The number of nitrogens with one attached hydrogen (secondary N) is 1. The topological polar surface area (TPSA) is 55.1 Å². The van der Waals surface area contributed by atoms with Gasteiger partial charge in [0.2, 0.25) is 5.91 Å². The minimum absolute atomic E-state index is 0.254. The van der Waals surface area contributed by atoms with Crippen LogP contribution >= 0.6 is 0 Å². The van der Waals surface area contributed by atoms with E-state index in [4.69, 9.17) is 5.73 Å². The van der Waals surface area contributed by atoms with E-state index in [9.17, 15) is 9.18 Å². The van der Waals surface area contributed by atoms with Gasteiger partial charge in [0.1, 0.15) is 5.82 Å². The molecule has 0 aromatic heterocycles. The van der Waals surface area contributed by atoms with E-state index < -0.39 is 6.04 Å². The average Bonchev–Trinajstić information content (AvgIpc) is 2.42. The highest BCUT2D eigenvalue weighted by atomic mass is 19.1. The van der Waals surface area contributed by atoms with E-state index in [1.54, 1.807) is 24.3 Å². The first-order valence-electron chi connectivity index (χ1n) is 6.01. The molecule has 19 heavy (non-hydrogen) atoms. The van der Waals surface area contributed by atoms with E-state index in [1.807, 2.05) is 18.2 Å². The van der Waals surface area contributed by atoms with Gasteiger partial charge in [0, 0.05) is 5.69 Å². The van der Waals surface area contributed by atoms with Gasteiger partial charge in [0.15, 0.2) is 0 Å². The molecule has 3 N–H and O–H groups in total. The number of rotatable bonds is 4. The molecule has 0 aliphatic rings. The molecular formula is C15H15FN2O. The van der Waals surface area contributed by atoms with Crippen molar-refractivity contribution in [1.29, 1.82) is 0 Å². The summed E-state index contributed by atoms with van der Waals surface area (Å²) in [6.07, 6.45) is 0.374. The van der Waals surface area contributed by atoms with Crippen molar-refractivity contribution in [3.8, 4) is 0 Å². The zero-order valence-electron chi connectivity index (χ0n) is 10.3. The van der Waals surface area contributed by atoms with Crippen LogP contribution in [0.15, 0.2) is 54.6 Å². The fraction of sp³-hybridized carbons (Fsp3) is 0.133. The molecule has 4 heteroatoms. The first-order chi connectivity index (χ1) is 9.15. The minimum atomic E-state index is -0.661. The molecular weight excluding hydrogens is 243 g/mol. The molecule has 98 valence electrons. The molecule has 2 rings (SSSR count). The van der Waals surface area contributed by atoms with Crippen LogP contribution in [-0.2, 0) is 11.2 Å². The van der Waals surface area contributed by atoms with Gasteiger partial charge < -0.3 is 11.1 Å². The molecule has 2 aromatic rings. The van der Waals surface area contributed by atoms with E-state index >= 15 is 0 Å². The van der Waals surface area contributed by atoms with E-state index in [2.05, 4.69) is 5.32 Å². The number of hydrogen-bond acceptors (Lipinski definition) is 2. The molecule has 0 bridgehead atoms. The van der Waals surface area contributed by atoms with Crippen LogP contribution in [0.5, 0.6) is 0 Å². The van der Waals surface area contributed by atoms with Crippen molar-refractivity contribution in [2.45, 2.75) is 12.5 Å². The maximum absolute atomic E-state index is 12.8. The number of carbonyl (C=O) groups excluding carboxylic acids is 1. The zero-order chi connectivity index (χ0) is 13.7. The number of halogens is 1. The molecule has 0 fully saturated rings. The first kappa shape index (κ1) is 13.2. The molecule has 1 unspecified atom stereocenters. The number of carbonyl (C=O) groups is 1. The van der Waals surface area contributed by atoms with E-state index in [0.29, 0.717) is 12.1 Å². The Balaban J connectivity index is 1.94. The molecule has 0 aliphatic carbocycles.